The second-order valence-corrected chi connectivity index (χ2v) is 7.39. The van der Waals surface area contributed by atoms with Crippen molar-refractivity contribution in [1.82, 2.24) is 9.88 Å². The highest BCUT2D eigenvalue weighted by Crippen LogP contribution is 2.17. The van der Waals surface area contributed by atoms with Crippen LogP contribution in [0.15, 0.2) is 59.4 Å². The van der Waals surface area contributed by atoms with Gasteiger partial charge in [-0.25, -0.2) is 14.2 Å². The normalized spacial score (nSPS) is 11.6. The van der Waals surface area contributed by atoms with E-state index in [-0.39, 0.29) is 23.8 Å². The number of ether oxygens (including phenoxy) is 2. The number of carbonyl (C=O) groups is 2. The average molecular weight is 428 g/mol. The fraction of sp³-hybridized carbons (Fsp3) is 0.227. The lowest BCUT2D eigenvalue weighted by Crippen LogP contribution is -2.37. The molecule has 0 saturated heterocycles. The summed E-state index contributed by atoms with van der Waals surface area (Å²) in [5.41, 5.74) is 3.44. The quantitative estimate of drug-likeness (QED) is 0.506. The Morgan fingerprint density at radius 1 is 1.20 bits per heavy atom. The zero-order valence-corrected chi connectivity index (χ0v) is 17.4. The van der Waals surface area contributed by atoms with Crippen molar-refractivity contribution in [1.29, 1.82) is 0 Å². The van der Waals surface area contributed by atoms with Gasteiger partial charge in [0.25, 0.3) is 5.91 Å². The Labute approximate surface area is 177 Å². The molecule has 1 amide bonds. The van der Waals surface area contributed by atoms with Crippen LogP contribution >= 0.6 is 11.3 Å². The van der Waals surface area contributed by atoms with E-state index >= 15 is 0 Å². The summed E-state index contributed by atoms with van der Waals surface area (Å²) in [4.78, 5) is 30.5. The molecule has 0 bridgehead atoms. The van der Waals surface area contributed by atoms with Crippen LogP contribution in [0.1, 0.15) is 28.5 Å². The third-order valence-corrected chi connectivity index (χ3v) is 4.89. The van der Waals surface area contributed by atoms with E-state index in [0.717, 1.165) is 5.69 Å². The van der Waals surface area contributed by atoms with E-state index in [9.17, 15) is 14.0 Å². The number of benzene rings is 2. The van der Waals surface area contributed by atoms with E-state index in [1.165, 1.54) is 35.3 Å². The number of likely N-dealkylation sites (N-methyl/N-ethyl adjacent to an activating group) is 1. The Morgan fingerprint density at radius 3 is 2.73 bits per heavy atom. The lowest BCUT2D eigenvalue weighted by molar-refractivity contribution is -0.139. The van der Waals surface area contributed by atoms with Gasteiger partial charge in [-0.05, 0) is 42.8 Å². The Bertz CT molecular complexity index is 1010. The number of esters is 1. The van der Waals surface area contributed by atoms with Gasteiger partial charge in [0.15, 0.2) is 6.10 Å². The fourth-order valence-electron chi connectivity index (χ4n) is 2.76. The van der Waals surface area contributed by atoms with Gasteiger partial charge in [0.2, 0.25) is 0 Å². The first-order valence-corrected chi connectivity index (χ1v) is 10.2. The van der Waals surface area contributed by atoms with Crippen molar-refractivity contribution < 1.29 is 23.5 Å². The molecule has 0 spiro atoms. The lowest BCUT2D eigenvalue weighted by Gasteiger charge is -2.21. The number of amides is 1. The summed E-state index contributed by atoms with van der Waals surface area (Å²) in [5, 5.41) is 1.88. The third-order valence-electron chi connectivity index (χ3n) is 4.26. The topological polar surface area (TPSA) is 68.7 Å². The zero-order chi connectivity index (χ0) is 21.5. The summed E-state index contributed by atoms with van der Waals surface area (Å²) in [6, 6.07) is 12.5. The third kappa shape index (κ3) is 5.87. The van der Waals surface area contributed by atoms with E-state index in [1.54, 1.807) is 49.0 Å². The molecule has 30 heavy (non-hydrogen) atoms. The number of aromatic nitrogens is 1. The summed E-state index contributed by atoms with van der Waals surface area (Å²) in [6.07, 6.45) is -0.990. The summed E-state index contributed by atoms with van der Waals surface area (Å²) in [7, 11) is 1.57. The van der Waals surface area contributed by atoms with Crippen LogP contribution in [0, 0.1) is 5.82 Å². The fourth-order valence-corrected chi connectivity index (χ4v) is 3.30. The highest BCUT2D eigenvalue weighted by molar-refractivity contribution is 7.07. The van der Waals surface area contributed by atoms with E-state index in [1.807, 2.05) is 5.38 Å². The van der Waals surface area contributed by atoms with Crippen LogP contribution in [0.2, 0.25) is 0 Å². The molecule has 0 aliphatic heterocycles. The Kier molecular flexibility index (Phi) is 7.13. The van der Waals surface area contributed by atoms with Crippen molar-refractivity contribution in [2.45, 2.75) is 26.2 Å². The first-order valence-electron chi connectivity index (χ1n) is 9.22. The Balaban J connectivity index is 1.56. The Morgan fingerprint density at radius 2 is 2.00 bits per heavy atom. The predicted molar refractivity (Wildman–Crippen MR) is 111 cm³/mol. The highest BCUT2D eigenvalue weighted by Gasteiger charge is 2.22. The molecular formula is C22H21FN2O4S. The molecule has 0 radical (unpaired) electrons. The first-order chi connectivity index (χ1) is 14.4. The van der Waals surface area contributed by atoms with E-state index in [4.69, 9.17) is 9.47 Å². The molecule has 8 heteroatoms. The minimum atomic E-state index is -0.990. The summed E-state index contributed by atoms with van der Waals surface area (Å²) < 4.78 is 24.3. The molecule has 0 N–H and O–H groups in total. The highest BCUT2D eigenvalue weighted by atomic mass is 32.1. The van der Waals surface area contributed by atoms with E-state index in [2.05, 4.69) is 4.98 Å². The van der Waals surface area contributed by atoms with Crippen molar-refractivity contribution in [2.24, 2.45) is 0 Å². The van der Waals surface area contributed by atoms with Crippen molar-refractivity contribution >= 4 is 23.2 Å². The minimum absolute atomic E-state index is 0.207. The molecular weight excluding hydrogens is 407 g/mol. The van der Waals surface area contributed by atoms with Crippen LogP contribution in [-0.2, 0) is 22.7 Å². The summed E-state index contributed by atoms with van der Waals surface area (Å²) >= 11 is 1.48. The molecule has 0 aliphatic carbocycles. The molecule has 0 fully saturated rings. The number of rotatable bonds is 8. The molecule has 2 aromatic carbocycles. The van der Waals surface area contributed by atoms with Crippen LogP contribution in [-0.4, -0.2) is 34.9 Å². The van der Waals surface area contributed by atoms with E-state index in [0.29, 0.717) is 17.9 Å². The van der Waals surface area contributed by atoms with Gasteiger partial charge in [0.05, 0.1) is 16.8 Å². The first kappa shape index (κ1) is 21.4. The maximum atomic E-state index is 13.3. The smallest absolute Gasteiger partial charge is 0.339 e. The maximum absolute atomic E-state index is 13.3. The van der Waals surface area contributed by atoms with Gasteiger partial charge in [-0.1, -0.05) is 18.2 Å². The molecule has 6 nitrogen and oxygen atoms in total. The monoisotopic (exact) mass is 428 g/mol. The lowest BCUT2D eigenvalue weighted by atomic mass is 10.2. The largest absolute Gasteiger partial charge is 0.487 e. The summed E-state index contributed by atoms with van der Waals surface area (Å²) in [5.74, 6) is -0.887. The van der Waals surface area contributed by atoms with Gasteiger partial charge in [0, 0.05) is 19.0 Å². The molecule has 0 aliphatic rings. The van der Waals surface area contributed by atoms with Gasteiger partial charge in [-0.3, -0.25) is 4.79 Å². The van der Waals surface area contributed by atoms with Crippen molar-refractivity contribution in [2.75, 3.05) is 7.05 Å². The Hall–Kier alpha value is -3.26. The molecule has 1 heterocycles. The van der Waals surface area contributed by atoms with Crippen molar-refractivity contribution in [3.63, 3.8) is 0 Å². The number of nitrogens with zero attached hydrogens (tertiary/aromatic N) is 2. The van der Waals surface area contributed by atoms with Crippen LogP contribution in [0.3, 0.4) is 0 Å². The molecule has 1 aromatic heterocycles. The molecule has 1 unspecified atom stereocenters. The van der Waals surface area contributed by atoms with Gasteiger partial charge in [-0.2, -0.15) is 0 Å². The van der Waals surface area contributed by atoms with Gasteiger partial charge in [0.1, 0.15) is 18.2 Å². The van der Waals surface area contributed by atoms with Crippen LogP contribution < -0.4 is 4.74 Å². The predicted octanol–water partition coefficient (Wildman–Crippen LogP) is 4.07. The van der Waals surface area contributed by atoms with Gasteiger partial charge in [-0.15, -0.1) is 11.3 Å². The number of carbonyl (C=O) groups excluding carboxylic acids is 2. The number of halogens is 1. The molecule has 1 atom stereocenters. The molecule has 3 aromatic rings. The van der Waals surface area contributed by atoms with Crippen molar-refractivity contribution in [3.05, 3.63) is 82.1 Å². The SMILES string of the molecule is CC(OC(=O)c1cccc(OCc2cscn2)c1)C(=O)N(C)Cc1cccc(F)c1. The van der Waals surface area contributed by atoms with Crippen molar-refractivity contribution in [3.8, 4) is 5.75 Å². The second-order valence-electron chi connectivity index (χ2n) is 6.67. The zero-order valence-electron chi connectivity index (χ0n) is 16.6. The van der Waals surface area contributed by atoms with Crippen LogP contribution in [0.5, 0.6) is 5.75 Å². The number of hydrogen-bond acceptors (Lipinski definition) is 6. The summed E-state index contributed by atoms with van der Waals surface area (Å²) in [6.45, 7) is 2.01. The van der Waals surface area contributed by atoms with Crippen LogP contribution in [0.25, 0.3) is 0 Å². The average Bonchev–Trinajstić information content (AvgIpc) is 3.25. The number of thiazole rings is 1. The van der Waals surface area contributed by atoms with Gasteiger partial charge < -0.3 is 14.4 Å². The van der Waals surface area contributed by atoms with E-state index < -0.39 is 12.1 Å². The molecule has 3 rings (SSSR count). The van der Waals surface area contributed by atoms with Crippen LogP contribution in [0.4, 0.5) is 4.39 Å². The second kappa shape index (κ2) is 9.98. The molecule has 156 valence electrons. The minimum Gasteiger partial charge on any atom is -0.487 e. The molecule has 0 saturated carbocycles. The van der Waals surface area contributed by atoms with Gasteiger partial charge >= 0.3 is 5.97 Å². The standard InChI is InChI=1S/C22H21FN2O4S/c1-15(21(26)25(2)11-16-5-3-7-18(23)9-16)29-22(27)17-6-4-8-20(10-17)28-12-19-13-30-14-24-19/h3-10,13-15H,11-12H2,1-2H3. The number of hydrogen-bond donors (Lipinski definition) is 0. The maximum Gasteiger partial charge on any atom is 0.339 e.